The second-order valence-electron chi connectivity index (χ2n) is 3.21. The van der Waals surface area contributed by atoms with Crippen LogP contribution in [0, 0.1) is 5.82 Å². The van der Waals surface area contributed by atoms with Crippen molar-refractivity contribution in [2.75, 3.05) is 11.4 Å². The van der Waals surface area contributed by atoms with Gasteiger partial charge in [-0.25, -0.2) is 9.18 Å². The average Bonchev–Trinajstić information content (AvgIpc) is 2.33. The number of urea groups is 1. The zero-order valence-corrected chi connectivity index (χ0v) is 9.87. The Bertz CT molecular complexity index is 421. The van der Waals surface area contributed by atoms with E-state index in [1.54, 1.807) is 12.1 Å². The number of amides is 3. The predicted octanol–water partition coefficient (Wildman–Crippen LogP) is 2.30. The molecule has 1 N–H and O–H groups in total. The molecule has 1 saturated heterocycles. The third-order valence-electron chi connectivity index (χ3n) is 2.20. The fourth-order valence-corrected chi connectivity index (χ4v) is 1.46. The SMILES string of the molecule is CC.O=C1CCN(c2ccccc2F)C(=O)N1. The number of rotatable bonds is 1. The van der Waals surface area contributed by atoms with Gasteiger partial charge in [-0.2, -0.15) is 0 Å². The number of anilines is 1. The molecule has 0 saturated carbocycles. The van der Waals surface area contributed by atoms with Crippen molar-refractivity contribution in [2.45, 2.75) is 20.3 Å². The van der Waals surface area contributed by atoms with E-state index >= 15 is 0 Å². The summed E-state index contributed by atoms with van der Waals surface area (Å²) in [5.41, 5.74) is 0.197. The molecular weight excluding hydrogens is 223 g/mol. The van der Waals surface area contributed by atoms with E-state index in [0.29, 0.717) is 0 Å². The zero-order chi connectivity index (χ0) is 12.8. The molecule has 92 valence electrons. The predicted molar refractivity (Wildman–Crippen MR) is 63.2 cm³/mol. The quantitative estimate of drug-likeness (QED) is 0.816. The number of benzene rings is 1. The molecule has 17 heavy (non-hydrogen) atoms. The normalized spacial score (nSPS) is 14.9. The number of nitrogens with zero attached hydrogens (tertiary/aromatic N) is 1. The fraction of sp³-hybridized carbons (Fsp3) is 0.333. The molecule has 1 aromatic rings. The van der Waals surface area contributed by atoms with Gasteiger partial charge >= 0.3 is 6.03 Å². The fourth-order valence-electron chi connectivity index (χ4n) is 1.46. The minimum absolute atomic E-state index is 0.195. The van der Waals surface area contributed by atoms with Crippen LogP contribution in [0.25, 0.3) is 0 Å². The van der Waals surface area contributed by atoms with Crippen molar-refractivity contribution in [2.24, 2.45) is 0 Å². The first kappa shape index (κ1) is 13.2. The summed E-state index contributed by atoms with van der Waals surface area (Å²) in [6.45, 7) is 4.21. The maximum atomic E-state index is 13.3. The highest BCUT2D eigenvalue weighted by Gasteiger charge is 2.25. The van der Waals surface area contributed by atoms with Gasteiger partial charge in [0.25, 0.3) is 0 Å². The molecular formula is C12H15FN2O2. The Labute approximate surface area is 99.4 Å². The Hall–Kier alpha value is -1.91. The molecule has 1 fully saturated rings. The summed E-state index contributed by atoms with van der Waals surface area (Å²) in [6.07, 6.45) is 0.195. The van der Waals surface area contributed by atoms with Crippen LogP contribution in [0.1, 0.15) is 20.3 Å². The van der Waals surface area contributed by atoms with Crippen LogP contribution in [0.15, 0.2) is 24.3 Å². The number of carbonyl (C=O) groups excluding carboxylic acids is 2. The maximum absolute atomic E-state index is 13.3. The van der Waals surface area contributed by atoms with Crippen molar-refractivity contribution >= 4 is 17.6 Å². The number of halogens is 1. The smallest absolute Gasteiger partial charge is 0.291 e. The highest BCUT2D eigenvalue weighted by atomic mass is 19.1. The van der Waals surface area contributed by atoms with Gasteiger partial charge in [-0.1, -0.05) is 26.0 Å². The topological polar surface area (TPSA) is 49.4 Å². The van der Waals surface area contributed by atoms with Gasteiger partial charge in [0.05, 0.1) is 5.69 Å². The van der Waals surface area contributed by atoms with Crippen molar-refractivity contribution in [1.82, 2.24) is 5.32 Å². The Balaban J connectivity index is 0.000000686. The molecule has 1 aliphatic heterocycles. The number of hydrogen-bond acceptors (Lipinski definition) is 2. The van der Waals surface area contributed by atoms with Gasteiger partial charge in [0.2, 0.25) is 5.91 Å². The van der Waals surface area contributed by atoms with E-state index in [2.05, 4.69) is 5.32 Å². The maximum Gasteiger partial charge on any atom is 0.328 e. The van der Waals surface area contributed by atoms with Crippen molar-refractivity contribution in [3.05, 3.63) is 30.1 Å². The summed E-state index contributed by atoms with van der Waals surface area (Å²) in [7, 11) is 0. The highest BCUT2D eigenvalue weighted by molar-refractivity contribution is 6.05. The molecule has 2 rings (SSSR count). The molecule has 0 radical (unpaired) electrons. The van der Waals surface area contributed by atoms with Gasteiger partial charge in [-0.05, 0) is 12.1 Å². The molecule has 1 heterocycles. The van der Waals surface area contributed by atoms with Crippen LogP contribution in [0.4, 0.5) is 14.9 Å². The lowest BCUT2D eigenvalue weighted by Crippen LogP contribution is -2.49. The molecule has 3 amide bonds. The molecule has 0 spiro atoms. The van der Waals surface area contributed by atoms with Crippen LogP contribution < -0.4 is 10.2 Å². The van der Waals surface area contributed by atoms with Gasteiger partial charge in [-0.3, -0.25) is 15.0 Å². The van der Waals surface area contributed by atoms with Gasteiger partial charge < -0.3 is 0 Å². The Kier molecular flexibility index (Phi) is 4.63. The van der Waals surface area contributed by atoms with Crippen molar-refractivity contribution in [1.29, 1.82) is 0 Å². The van der Waals surface area contributed by atoms with E-state index in [1.165, 1.54) is 17.0 Å². The van der Waals surface area contributed by atoms with E-state index in [9.17, 15) is 14.0 Å². The summed E-state index contributed by atoms with van der Waals surface area (Å²) in [5.74, 6) is -0.797. The molecule has 5 heteroatoms. The first-order valence-electron chi connectivity index (χ1n) is 5.54. The van der Waals surface area contributed by atoms with Crippen LogP contribution in [0.3, 0.4) is 0 Å². The lowest BCUT2D eigenvalue weighted by atomic mass is 10.2. The molecule has 1 aliphatic rings. The molecule has 0 bridgehead atoms. The lowest BCUT2D eigenvalue weighted by Gasteiger charge is -2.26. The Morgan fingerprint density at radius 2 is 1.88 bits per heavy atom. The van der Waals surface area contributed by atoms with Crippen LogP contribution in [0.5, 0.6) is 0 Å². The van der Waals surface area contributed by atoms with Gasteiger partial charge in [0.1, 0.15) is 5.82 Å². The zero-order valence-electron chi connectivity index (χ0n) is 9.87. The van der Waals surface area contributed by atoms with E-state index in [-0.39, 0.29) is 24.6 Å². The summed E-state index contributed by atoms with van der Waals surface area (Å²) in [4.78, 5) is 23.5. The average molecular weight is 238 g/mol. The standard InChI is InChI=1S/C10H9FN2O2.C2H6/c11-7-3-1-2-4-8(7)13-6-5-9(14)12-10(13)15;1-2/h1-4H,5-6H2,(H,12,14,15);1-2H3. The highest BCUT2D eigenvalue weighted by Crippen LogP contribution is 2.20. The Morgan fingerprint density at radius 1 is 1.24 bits per heavy atom. The van der Waals surface area contributed by atoms with Crippen molar-refractivity contribution in [3.8, 4) is 0 Å². The summed E-state index contributed by atoms with van der Waals surface area (Å²) >= 11 is 0. The number of hydrogen-bond donors (Lipinski definition) is 1. The third-order valence-corrected chi connectivity index (χ3v) is 2.20. The largest absolute Gasteiger partial charge is 0.328 e. The van der Waals surface area contributed by atoms with Gasteiger partial charge in [-0.15, -0.1) is 0 Å². The van der Waals surface area contributed by atoms with E-state index in [0.717, 1.165) is 0 Å². The van der Waals surface area contributed by atoms with Crippen LogP contribution in [-0.2, 0) is 4.79 Å². The first-order chi connectivity index (χ1) is 8.18. The minimum atomic E-state index is -0.573. The second-order valence-corrected chi connectivity index (χ2v) is 3.21. The summed E-state index contributed by atoms with van der Waals surface area (Å²) in [6, 6.07) is 5.40. The summed E-state index contributed by atoms with van der Waals surface area (Å²) < 4.78 is 13.3. The van der Waals surface area contributed by atoms with E-state index in [1.807, 2.05) is 13.8 Å². The van der Waals surface area contributed by atoms with Crippen LogP contribution in [0.2, 0.25) is 0 Å². The van der Waals surface area contributed by atoms with E-state index in [4.69, 9.17) is 0 Å². The number of carbonyl (C=O) groups is 2. The minimum Gasteiger partial charge on any atom is -0.291 e. The molecule has 1 aromatic carbocycles. The third kappa shape index (κ3) is 3.03. The monoisotopic (exact) mass is 238 g/mol. The van der Waals surface area contributed by atoms with E-state index < -0.39 is 11.8 Å². The number of para-hydroxylation sites is 1. The summed E-state index contributed by atoms with van der Waals surface area (Å²) in [5, 5.41) is 2.14. The van der Waals surface area contributed by atoms with Crippen LogP contribution in [-0.4, -0.2) is 18.5 Å². The van der Waals surface area contributed by atoms with Gasteiger partial charge in [0, 0.05) is 13.0 Å². The van der Waals surface area contributed by atoms with Crippen molar-refractivity contribution in [3.63, 3.8) is 0 Å². The second kappa shape index (κ2) is 5.98. The first-order valence-corrected chi connectivity index (χ1v) is 5.54. The van der Waals surface area contributed by atoms with Crippen molar-refractivity contribution < 1.29 is 14.0 Å². The number of imide groups is 1. The molecule has 0 unspecified atom stereocenters. The number of nitrogens with one attached hydrogen (secondary N) is 1. The molecule has 0 aliphatic carbocycles. The van der Waals surface area contributed by atoms with Crippen LogP contribution >= 0.6 is 0 Å². The molecule has 4 nitrogen and oxygen atoms in total. The van der Waals surface area contributed by atoms with Gasteiger partial charge in [0.15, 0.2) is 0 Å². The molecule has 0 atom stereocenters. The molecule has 0 aromatic heterocycles. The Morgan fingerprint density at radius 3 is 2.47 bits per heavy atom. The lowest BCUT2D eigenvalue weighted by molar-refractivity contribution is -0.120.